The summed E-state index contributed by atoms with van der Waals surface area (Å²) in [5, 5.41) is 0. The molecule has 0 N–H and O–H groups in total. The molecule has 0 radical (unpaired) electrons. The molecule has 2 aromatic heterocycles. The third kappa shape index (κ3) is 5.04. The lowest BCUT2D eigenvalue weighted by Crippen LogP contribution is -2.48. The quantitative estimate of drug-likeness (QED) is 0.514. The van der Waals surface area contributed by atoms with Gasteiger partial charge in [0.1, 0.15) is 11.3 Å². The van der Waals surface area contributed by atoms with Gasteiger partial charge in [0.25, 0.3) is 0 Å². The number of aryl methyl sites for hydroxylation is 2. The molecule has 5 rings (SSSR count). The lowest BCUT2D eigenvalue weighted by Gasteiger charge is -2.36. The topological polar surface area (TPSA) is 37.2 Å². The number of imidazole rings is 1. The maximum atomic E-state index is 5.01. The van der Waals surface area contributed by atoms with Crippen molar-refractivity contribution in [2.75, 3.05) is 32.7 Å². The van der Waals surface area contributed by atoms with Crippen molar-refractivity contribution < 1.29 is 0 Å². The highest BCUT2D eigenvalue weighted by atomic mass is 15.3. The summed E-state index contributed by atoms with van der Waals surface area (Å²) in [7, 11) is 0. The van der Waals surface area contributed by atoms with Gasteiger partial charge in [-0.3, -0.25) is 9.80 Å². The summed E-state index contributed by atoms with van der Waals surface area (Å²) in [4.78, 5) is 15.0. The molecule has 5 heteroatoms. The molecule has 0 spiro atoms. The Labute approximate surface area is 198 Å². The van der Waals surface area contributed by atoms with Crippen LogP contribution >= 0.6 is 0 Å². The SMILES string of the molecule is Cc1cc(C)c2nc(C3CC3)n(Cc3ccc(/C=C/CN4CCN(C(C)C)CC4)cc3)c2n1. The Hall–Kier alpha value is -2.50. The molecule has 2 aliphatic rings. The maximum Gasteiger partial charge on any atom is 0.160 e. The molecule has 5 nitrogen and oxygen atoms in total. The Bertz CT molecular complexity index is 1130. The Kier molecular flexibility index (Phi) is 6.35. The highest BCUT2D eigenvalue weighted by molar-refractivity contribution is 5.76. The van der Waals surface area contributed by atoms with Crippen molar-refractivity contribution in [1.82, 2.24) is 24.3 Å². The van der Waals surface area contributed by atoms with E-state index >= 15 is 0 Å². The Morgan fingerprint density at radius 2 is 1.73 bits per heavy atom. The molecule has 2 fully saturated rings. The fraction of sp³-hybridized carbons (Fsp3) is 0.500. The molecule has 0 amide bonds. The lowest BCUT2D eigenvalue weighted by molar-refractivity contribution is 0.117. The van der Waals surface area contributed by atoms with Crippen molar-refractivity contribution in [3.05, 3.63) is 64.6 Å². The highest BCUT2D eigenvalue weighted by Gasteiger charge is 2.30. The van der Waals surface area contributed by atoms with E-state index in [2.05, 4.69) is 84.5 Å². The zero-order chi connectivity index (χ0) is 22.9. The van der Waals surface area contributed by atoms with Crippen LogP contribution in [-0.4, -0.2) is 63.1 Å². The van der Waals surface area contributed by atoms with Gasteiger partial charge in [0.05, 0.1) is 6.54 Å². The molecule has 1 aromatic carbocycles. The minimum atomic E-state index is 0.600. The van der Waals surface area contributed by atoms with E-state index in [4.69, 9.17) is 9.97 Å². The first-order valence-corrected chi connectivity index (χ1v) is 12.5. The standard InChI is InChI=1S/C28H37N5/c1-20(2)32-16-14-31(15-17-32)13-5-6-23-7-9-24(10-8-23)19-33-27(25-11-12-25)30-26-21(3)18-22(4)29-28(26)33/h5-10,18,20,25H,11-17,19H2,1-4H3/b6-5+. The van der Waals surface area contributed by atoms with E-state index in [0.717, 1.165) is 43.0 Å². The minimum Gasteiger partial charge on any atom is -0.308 e. The molecule has 1 saturated heterocycles. The van der Waals surface area contributed by atoms with Crippen LogP contribution in [0, 0.1) is 13.8 Å². The van der Waals surface area contributed by atoms with Crippen molar-refractivity contribution in [3.63, 3.8) is 0 Å². The third-order valence-electron chi connectivity index (χ3n) is 7.13. The molecule has 1 aliphatic heterocycles. The van der Waals surface area contributed by atoms with Gasteiger partial charge in [0.2, 0.25) is 0 Å². The Morgan fingerprint density at radius 1 is 1.00 bits per heavy atom. The molecule has 3 heterocycles. The first-order valence-electron chi connectivity index (χ1n) is 12.5. The van der Waals surface area contributed by atoms with Crippen LogP contribution in [0.2, 0.25) is 0 Å². The summed E-state index contributed by atoms with van der Waals surface area (Å²) in [6, 6.07) is 11.8. The van der Waals surface area contributed by atoms with Gasteiger partial charge in [-0.15, -0.1) is 0 Å². The molecule has 33 heavy (non-hydrogen) atoms. The van der Waals surface area contributed by atoms with Gasteiger partial charge in [0, 0.05) is 50.4 Å². The van der Waals surface area contributed by atoms with Crippen LogP contribution in [-0.2, 0) is 6.54 Å². The number of rotatable bonds is 7. The summed E-state index contributed by atoms with van der Waals surface area (Å²) >= 11 is 0. The third-order valence-corrected chi connectivity index (χ3v) is 7.13. The summed E-state index contributed by atoms with van der Waals surface area (Å²) < 4.78 is 2.36. The van der Waals surface area contributed by atoms with E-state index in [9.17, 15) is 0 Å². The predicted molar refractivity (Wildman–Crippen MR) is 137 cm³/mol. The number of piperazine rings is 1. The van der Waals surface area contributed by atoms with Gasteiger partial charge >= 0.3 is 0 Å². The summed E-state index contributed by atoms with van der Waals surface area (Å²) in [5.41, 5.74) is 6.97. The number of fused-ring (bicyclic) bond motifs is 1. The first kappa shape index (κ1) is 22.3. The number of benzene rings is 1. The van der Waals surface area contributed by atoms with E-state index in [1.807, 2.05) is 0 Å². The summed E-state index contributed by atoms with van der Waals surface area (Å²) in [5.74, 6) is 1.82. The van der Waals surface area contributed by atoms with Crippen LogP contribution in [0.15, 0.2) is 36.4 Å². The fourth-order valence-corrected chi connectivity index (χ4v) is 4.95. The van der Waals surface area contributed by atoms with Gasteiger partial charge in [-0.05, 0) is 63.3 Å². The minimum absolute atomic E-state index is 0.600. The second-order valence-electron chi connectivity index (χ2n) is 10.2. The Balaban J connectivity index is 1.25. The van der Waals surface area contributed by atoms with Crippen molar-refractivity contribution >= 4 is 17.2 Å². The van der Waals surface area contributed by atoms with Crippen molar-refractivity contribution in [1.29, 1.82) is 0 Å². The van der Waals surface area contributed by atoms with Gasteiger partial charge in [-0.25, -0.2) is 9.97 Å². The number of aromatic nitrogens is 3. The zero-order valence-corrected chi connectivity index (χ0v) is 20.6. The summed E-state index contributed by atoms with van der Waals surface area (Å²) in [6.45, 7) is 15.4. The van der Waals surface area contributed by atoms with Gasteiger partial charge in [-0.1, -0.05) is 36.4 Å². The average molecular weight is 444 g/mol. The van der Waals surface area contributed by atoms with E-state index < -0.39 is 0 Å². The molecule has 1 saturated carbocycles. The van der Waals surface area contributed by atoms with E-state index in [-0.39, 0.29) is 0 Å². The van der Waals surface area contributed by atoms with E-state index in [1.165, 1.54) is 48.4 Å². The molecule has 3 aromatic rings. The second kappa shape index (κ2) is 9.40. The van der Waals surface area contributed by atoms with Crippen LogP contribution in [0.5, 0.6) is 0 Å². The van der Waals surface area contributed by atoms with Crippen molar-refractivity contribution in [2.24, 2.45) is 0 Å². The van der Waals surface area contributed by atoms with Crippen molar-refractivity contribution in [2.45, 2.75) is 59.0 Å². The number of pyridine rings is 1. The number of hydrogen-bond donors (Lipinski definition) is 0. The fourth-order valence-electron chi connectivity index (χ4n) is 4.95. The molecule has 0 unspecified atom stereocenters. The van der Waals surface area contributed by atoms with E-state index in [1.54, 1.807) is 0 Å². The molecular weight excluding hydrogens is 406 g/mol. The monoisotopic (exact) mass is 443 g/mol. The van der Waals surface area contributed by atoms with Gasteiger partial charge in [-0.2, -0.15) is 0 Å². The number of hydrogen-bond acceptors (Lipinski definition) is 4. The predicted octanol–water partition coefficient (Wildman–Crippen LogP) is 5.01. The normalized spacial score (nSPS) is 18.2. The molecule has 1 aliphatic carbocycles. The van der Waals surface area contributed by atoms with Crippen LogP contribution in [0.4, 0.5) is 0 Å². The van der Waals surface area contributed by atoms with Crippen LogP contribution in [0.25, 0.3) is 17.2 Å². The van der Waals surface area contributed by atoms with Crippen LogP contribution in [0.1, 0.15) is 60.8 Å². The molecule has 174 valence electrons. The average Bonchev–Trinajstić information content (AvgIpc) is 3.58. The second-order valence-corrected chi connectivity index (χ2v) is 10.2. The Morgan fingerprint density at radius 3 is 2.39 bits per heavy atom. The van der Waals surface area contributed by atoms with Crippen LogP contribution < -0.4 is 0 Å². The largest absolute Gasteiger partial charge is 0.308 e. The first-order chi connectivity index (χ1) is 16.0. The highest BCUT2D eigenvalue weighted by Crippen LogP contribution is 2.41. The van der Waals surface area contributed by atoms with Gasteiger partial charge < -0.3 is 4.57 Å². The van der Waals surface area contributed by atoms with Gasteiger partial charge in [0.15, 0.2) is 5.65 Å². The van der Waals surface area contributed by atoms with Crippen LogP contribution in [0.3, 0.4) is 0 Å². The molecular formula is C28H37N5. The molecule has 0 atom stereocenters. The summed E-state index contributed by atoms with van der Waals surface area (Å²) in [6.07, 6.45) is 7.06. The smallest absolute Gasteiger partial charge is 0.160 e. The maximum absolute atomic E-state index is 5.01. The lowest BCUT2D eigenvalue weighted by atomic mass is 10.1. The number of nitrogens with zero attached hydrogens (tertiary/aromatic N) is 5. The zero-order valence-electron chi connectivity index (χ0n) is 20.6. The molecule has 0 bridgehead atoms. The van der Waals surface area contributed by atoms with E-state index in [0.29, 0.717) is 12.0 Å². The van der Waals surface area contributed by atoms with Crippen molar-refractivity contribution in [3.8, 4) is 0 Å².